The zero-order valence-corrected chi connectivity index (χ0v) is 13.5. The van der Waals surface area contributed by atoms with Crippen LogP contribution < -0.4 is 5.32 Å². The first kappa shape index (κ1) is 15.0. The van der Waals surface area contributed by atoms with Crippen LogP contribution in [-0.2, 0) is 0 Å². The summed E-state index contributed by atoms with van der Waals surface area (Å²) < 4.78 is 14.3. The van der Waals surface area contributed by atoms with Gasteiger partial charge in [-0.3, -0.25) is 4.79 Å². The number of phenols is 1. The first-order valence-electron chi connectivity index (χ1n) is 5.64. The lowest BCUT2D eigenvalue weighted by molar-refractivity contribution is 0.102. The van der Waals surface area contributed by atoms with Crippen molar-refractivity contribution < 1.29 is 14.3 Å². The molecule has 2 aromatic rings. The number of aryl methyl sites for hydroxylation is 1. The number of carbonyl (C=O) groups is 1. The first-order valence-corrected chi connectivity index (χ1v) is 7.22. The zero-order chi connectivity index (χ0) is 14.9. The summed E-state index contributed by atoms with van der Waals surface area (Å²) >= 11 is 6.22. The van der Waals surface area contributed by atoms with Crippen molar-refractivity contribution in [3.8, 4) is 5.75 Å². The average molecular weight is 403 g/mol. The van der Waals surface area contributed by atoms with Crippen LogP contribution in [-0.4, -0.2) is 11.0 Å². The maximum absolute atomic E-state index is 13.5. The Labute approximate surface area is 132 Å². The van der Waals surface area contributed by atoms with Gasteiger partial charge >= 0.3 is 0 Å². The lowest BCUT2D eigenvalue weighted by Crippen LogP contribution is -2.13. The van der Waals surface area contributed by atoms with E-state index in [1.807, 2.05) is 0 Å². The molecule has 104 valence electrons. The second kappa shape index (κ2) is 5.93. The van der Waals surface area contributed by atoms with Crippen molar-refractivity contribution in [3.05, 3.63) is 56.2 Å². The van der Waals surface area contributed by atoms with Crippen LogP contribution in [0.25, 0.3) is 0 Å². The van der Waals surface area contributed by atoms with Crippen LogP contribution in [0.1, 0.15) is 15.9 Å². The third-order valence-electron chi connectivity index (χ3n) is 2.72. The number of hydrogen-bond donors (Lipinski definition) is 2. The minimum absolute atomic E-state index is 0.0311. The number of aromatic hydroxyl groups is 1. The highest BCUT2D eigenvalue weighted by molar-refractivity contribution is 9.10. The SMILES string of the molecule is Cc1cc(Br)c(F)cc1NC(=O)c1ccc(Br)c(O)c1. The van der Waals surface area contributed by atoms with Crippen LogP contribution >= 0.6 is 31.9 Å². The van der Waals surface area contributed by atoms with Gasteiger partial charge in [0.25, 0.3) is 5.91 Å². The zero-order valence-electron chi connectivity index (χ0n) is 10.4. The number of nitrogens with one attached hydrogen (secondary N) is 1. The molecule has 0 bridgehead atoms. The van der Waals surface area contributed by atoms with Crippen LogP contribution in [0.5, 0.6) is 5.75 Å². The van der Waals surface area contributed by atoms with Gasteiger partial charge in [-0.2, -0.15) is 0 Å². The molecular weight excluding hydrogens is 393 g/mol. The number of rotatable bonds is 2. The molecule has 0 aliphatic carbocycles. The predicted octanol–water partition coefficient (Wildman–Crippen LogP) is 4.62. The monoisotopic (exact) mass is 401 g/mol. The molecule has 3 nitrogen and oxygen atoms in total. The average Bonchev–Trinajstić information content (AvgIpc) is 2.39. The third-order valence-corrected chi connectivity index (χ3v) is 4.00. The van der Waals surface area contributed by atoms with Gasteiger partial charge in [-0.1, -0.05) is 0 Å². The fourth-order valence-corrected chi connectivity index (χ4v) is 2.33. The molecule has 0 spiro atoms. The van der Waals surface area contributed by atoms with Crippen molar-refractivity contribution in [2.75, 3.05) is 5.32 Å². The van der Waals surface area contributed by atoms with Crippen molar-refractivity contribution in [3.63, 3.8) is 0 Å². The minimum atomic E-state index is -0.454. The molecule has 0 aromatic heterocycles. The second-order valence-electron chi connectivity index (χ2n) is 4.20. The molecule has 0 aliphatic rings. The number of hydrogen-bond acceptors (Lipinski definition) is 2. The molecule has 0 fully saturated rings. The molecular formula is C14H10Br2FNO2. The number of halogens is 3. The van der Waals surface area contributed by atoms with Gasteiger partial charge in [0.1, 0.15) is 11.6 Å². The first-order chi connectivity index (χ1) is 9.38. The van der Waals surface area contributed by atoms with E-state index >= 15 is 0 Å². The quantitative estimate of drug-likeness (QED) is 0.770. The Morgan fingerprint density at radius 1 is 1.20 bits per heavy atom. The molecule has 0 unspecified atom stereocenters. The van der Waals surface area contributed by atoms with Gasteiger partial charge in [0.15, 0.2) is 0 Å². The van der Waals surface area contributed by atoms with Crippen molar-refractivity contribution in [1.29, 1.82) is 0 Å². The molecule has 0 aliphatic heterocycles. The maximum Gasteiger partial charge on any atom is 0.255 e. The summed E-state index contributed by atoms with van der Waals surface area (Å²) in [4.78, 5) is 12.1. The molecule has 2 aromatic carbocycles. The normalized spacial score (nSPS) is 10.4. The van der Waals surface area contributed by atoms with Crippen LogP contribution in [0.15, 0.2) is 39.3 Å². The van der Waals surface area contributed by atoms with E-state index in [0.717, 1.165) is 5.56 Å². The number of phenolic OH excluding ortho intramolecular Hbond substituents is 1. The van der Waals surface area contributed by atoms with E-state index in [1.165, 1.54) is 12.1 Å². The fourth-order valence-electron chi connectivity index (χ4n) is 1.63. The smallest absolute Gasteiger partial charge is 0.255 e. The molecule has 0 saturated heterocycles. The van der Waals surface area contributed by atoms with Gasteiger partial charge < -0.3 is 10.4 Å². The lowest BCUT2D eigenvalue weighted by atomic mass is 10.1. The topological polar surface area (TPSA) is 49.3 Å². The van der Waals surface area contributed by atoms with Crippen molar-refractivity contribution in [2.24, 2.45) is 0 Å². The number of amides is 1. The van der Waals surface area contributed by atoms with Gasteiger partial charge in [-0.15, -0.1) is 0 Å². The van der Waals surface area contributed by atoms with Crippen LogP contribution in [0.4, 0.5) is 10.1 Å². The van der Waals surface area contributed by atoms with E-state index in [2.05, 4.69) is 37.2 Å². The summed E-state index contributed by atoms with van der Waals surface area (Å²) in [6.45, 7) is 1.76. The summed E-state index contributed by atoms with van der Waals surface area (Å²) in [6, 6.07) is 7.30. The van der Waals surface area contributed by atoms with E-state index < -0.39 is 11.7 Å². The number of benzene rings is 2. The van der Waals surface area contributed by atoms with Crippen LogP contribution in [0, 0.1) is 12.7 Å². The number of anilines is 1. The molecule has 20 heavy (non-hydrogen) atoms. The predicted molar refractivity (Wildman–Crippen MR) is 82.6 cm³/mol. The molecule has 6 heteroatoms. The summed E-state index contributed by atoms with van der Waals surface area (Å²) in [5.74, 6) is -0.904. The molecule has 2 rings (SSSR count). The molecule has 0 saturated carbocycles. The van der Waals surface area contributed by atoms with Crippen molar-refractivity contribution in [2.45, 2.75) is 6.92 Å². The van der Waals surface area contributed by atoms with Crippen LogP contribution in [0.3, 0.4) is 0 Å². The fraction of sp³-hybridized carbons (Fsp3) is 0.0714. The molecule has 0 radical (unpaired) electrons. The van der Waals surface area contributed by atoms with Crippen molar-refractivity contribution >= 4 is 43.5 Å². The van der Waals surface area contributed by atoms with Gasteiger partial charge in [-0.25, -0.2) is 4.39 Å². The van der Waals surface area contributed by atoms with E-state index in [4.69, 9.17) is 0 Å². The Bertz CT molecular complexity index is 689. The number of carbonyl (C=O) groups excluding carboxylic acids is 1. The Balaban J connectivity index is 2.27. The highest BCUT2D eigenvalue weighted by Crippen LogP contribution is 2.26. The molecule has 1 amide bonds. The Morgan fingerprint density at radius 2 is 1.90 bits per heavy atom. The maximum atomic E-state index is 13.5. The largest absolute Gasteiger partial charge is 0.507 e. The Morgan fingerprint density at radius 3 is 2.55 bits per heavy atom. The van der Waals surface area contributed by atoms with Gasteiger partial charge in [0.2, 0.25) is 0 Å². The van der Waals surface area contributed by atoms with E-state index in [9.17, 15) is 14.3 Å². The molecule has 2 N–H and O–H groups in total. The van der Waals surface area contributed by atoms with E-state index in [-0.39, 0.29) is 11.3 Å². The Kier molecular flexibility index (Phi) is 4.45. The summed E-state index contributed by atoms with van der Waals surface area (Å²) in [5.41, 5.74) is 1.40. The summed E-state index contributed by atoms with van der Waals surface area (Å²) in [7, 11) is 0. The highest BCUT2D eigenvalue weighted by atomic mass is 79.9. The van der Waals surface area contributed by atoms with E-state index in [1.54, 1.807) is 25.1 Å². The molecule has 0 atom stereocenters. The van der Waals surface area contributed by atoms with Gasteiger partial charge in [0, 0.05) is 11.3 Å². The summed E-state index contributed by atoms with van der Waals surface area (Å²) in [5, 5.41) is 12.2. The van der Waals surface area contributed by atoms with Crippen LogP contribution in [0.2, 0.25) is 0 Å². The standard InChI is InChI=1S/C14H10Br2FNO2/c1-7-4-10(16)11(17)6-12(7)18-14(20)8-2-3-9(15)13(19)5-8/h2-6,19H,1H3,(H,18,20). The third kappa shape index (κ3) is 3.19. The highest BCUT2D eigenvalue weighted by Gasteiger charge is 2.12. The minimum Gasteiger partial charge on any atom is -0.507 e. The van der Waals surface area contributed by atoms with Crippen molar-refractivity contribution in [1.82, 2.24) is 0 Å². The second-order valence-corrected chi connectivity index (χ2v) is 5.91. The lowest BCUT2D eigenvalue weighted by Gasteiger charge is -2.10. The molecule has 0 heterocycles. The van der Waals surface area contributed by atoms with E-state index in [0.29, 0.717) is 14.6 Å². The van der Waals surface area contributed by atoms with Gasteiger partial charge in [-0.05, 0) is 74.7 Å². The Hall–Kier alpha value is -1.40. The summed E-state index contributed by atoms with van der Waals surface area (Å²) in [6.07, 6.45) is 0. The van der Waals surface area contributed by atoms with Gasteiger partial charge in [0.05, 0.1) is 8.95 Å².